The monoisotopic (exact) mass is 204 g/mol. The molecule has 0 fully saturated rings. The van der Waals surface area contributed by atoms with Crippen molar-refractivity contribution in [2.45, 2.75) is 6.54 Å². The summed E-state index contributed by atoms with van der Waals surface area (Å²) >= 11 is 0. The lowest BCUT2D eigenvalue weighted by molar-refractivity contribution is 0.0690. The Labute approximate surface area is 85.3 Å². The molecule has 2 heterocycles. The summed E-state index contributed by atoms with van der Waals surface area (Å²) in [4.78, 5) is 22.4. The zero-order valence-corrected chi connectivity index (χ0v) is 7.74. The van der Waals surface area contributed by atoms with Gasteiger partial charge in [0.15, 0.2) is 5.69 Å². The largest absolute Gasteiger partial charge is 0.477 e. The summed E-state index contributed by atoms with van der Waals surface area (Å²) in [5.41, 5.74) is 0.000107. The molecule has 2 aromatic rings. The van der Waals surface area contributed by atoms with Crippen LogP contribution in [-0.4, -0.2) is 30.6 Å². The number of carbonyl (C=O) groups is 1. The van der Waals surface area contributed by atoms with Crippen molar-refractivity contribution in [2.75, 3.05) is 0 Å². The molecule has 0 spiro atoms. The highest BCUT2D eigenvalue weighted by molar-refractivity contribution is 5.85. The van der Waals surface area contributed by atoms with Crippen LogP contribution in [0.2, 0.25) is 0 Å². The molecule has 0 unspecified atom stereocenters. The van der Waals surface area contributed by atoms with E-state index in [4.69, 9.17) is 5.11 Å². The summed E-state index contributed by atoms with van der Waals surface area (Å²) in [5, 5.41) is 8.73. The summed E-state index contributed by atoms with van der Waals surface area (Å²) in [6, 6.07) is 1.36. The van der Waals surface area contributed by atoms with E-state index in [2.05, 4.69) is 15.0 Å². The third-order valence-electron chi connectivity index (χ3n) is 1.81. The lowest BCUT2D eigenvalue weighted by atomic mass is 10.4. The van der Waals surface area contributed by atoms with Crippen molar-refractivity contribution in [2.24, 2.45) is 0 Å². The fourth-order valence-corrected chi connectivity index (χ4v) is 1.14. The topological polar surface area (TPSA) is 80.9 Å². The summed E-state index contributed by atoms with van der Waals surface area (Å²) < 4.78 is 1.76. The van der Waals surface area contributed by atoms with Crippen molar-refractivity contribution in [3.05, 3.63) is 42.5 Å². The van der Waals surface area contributed by atoms with Crippen LogP contribution in [0.5, 0.6) is 0 Å². The summed E-state index contributed by atoms with van der Waals surface area (Å²) in [7, 11) is 0. The van der Waals surface area contributed by atoms with E-state index in [0.717, 1.165) is 0 Å². The van der Waals surface area contributed by atoms with E-state index in [1.807, 2.05) is 0 Å². The number of aromatic carboxylic acids is 1. The first-order valence-electron chi connectivity index (χ1n) is 4.26. The van der Waals surface area contributed by atoms with Crippen LogP contribution in [0.25, 0.3) is 0 Å². The third-order valence-corrected chi connectivity index (χ3v) is 1.81. The van der Waals surface area contributed by atoms with Gasteiger partial charge in [-0.05, 0) is 6.07 Å². The van der Waals surface area contributed by atoms with Crippen LogP contribution in [0.3, 0.4) is 0 Å². The predicted molar refractivity (Wildman–Crippen MR) is 50.3 cm³/mol. The number of carboxylic acid groups (broad SMARTS) is 1. The van der Waals surface area contributed by atoms with Gasteiger partial charge in [0.2, 0.25) is 0 Å². The fraction of sp³-hybridized carbons (Fsp3) is 0.111. The smallest absolute Gasteiger partial charge is 0.354 e. The van der Waals surface area contributed by atoms with Crippen LogP contribution in [0.1, 0.15) is 16.3 Å². The first-order chi connectivity index (χ1) is 7.25. The zero-order chi connectivity index (χ0) is 10.7. The molecule has 0 aromatic carbocycles. The van der Waals surface area contributed by atoms with Crippen molar-refractivity contribution in [3.8, 4) is 0 Å². The molecule has 2 aromatic heterocycles. The number of nitrogens with zero attached hydrogens (tertiary/aromatic N) is 4. The average Bonchev–Trinajstić information content (AvgIpc) is 2.71. The molecular formula is C9H8N4O2. The van der Waals surface area contributed by atoms with E-state index in [-0.39, 0.29) is 5.69 Å². The molecular weight excluding hydrogens is 196 g/mol. The van der Waals surface area contributed by atoms with E-state index in [0.29, 0.717) is 12.4 Å². The van der Waals surface area contributed by atoms with Gasteiger partial charge in [0.25, 0.3) is 0 Å². The minimum absolute atomic E-state index is 0.000107. The third kappa shape index (κ3) is 2.16. The molecule has 0 amide bonds. The summed E-state index contributed by atoms with van der Waals surface area (Å²) in [5.74, 6) is -0.600. The number of hydrogen-bond acceptors (Lipinski definition) is 4. The number of aromatic nitrogens is 4. The molecule has 0 bridgehead atoms. The molecule has 2 rings (SSSR count). The highest BCUT2D eigenvalue weighted by atomic mass is 16.4. The van der Waals surface area contributed by atoms with E-state index < -0.39 is 5.97 Å². The Hall–Kier alpha value is -2.24. The number of carboxylic acids is 1. The van der Waals surface area contributed by atoms with Crippen molar-refractivity contribution in [1.82, 2.24) is 19.5 Å². The minimum Gasteiger partial charge on any atom is -0.477 e. The molecule has 0 saturated carbocycles. The van der Waals surface area contributed by atoms with Crippen molar-refractivity contribution in [3.63, 3.8) is 0 Å². The van der Waals surface area contributed by atoms with Gasteiger partial charge >= 0.3 is 5.97 Å². The first kappa shape index (κ1) is 9.32. The van der Waals surface area contributed by atoms with Gasteiger partial charge in [-0.25, -0.2) is 19.7 Å². The lowest BCUT2D eigenvalue weighted by Crippen LogP contribution is -2.07. The van der Waals surface area contributed by atoms with Crippen LogP contribution in [0.4, 0.5) is 0 Å². The summed E-state index contributed by atoms with van der Waals surface area (Å²) in [6.45, 7) is 0.418. The fourth-order valence-electron chi connectivity index (χ4n) is 1.14. The summed E-state index contributed by atoms with van der Waals surface area (Å²) in [6.07, 6.45) is 6.46. The molecule has 6 heteroatoms. The van der Waals surface area contributed by atoms with Crippen molar-refractivity contribution >= 4 is 5.97 Å². The maximum Gasteiger partial charge on any atom is 0.354 e. The van der Waals surface area contributed by atoms with Gasteiger partial charge in [0.1, 0.15) is 5.82 Å². The highest BCUT2D eigenvalue weighted by Gasteiger charge is 2.05. The number of hydrogen-bond donors (Lipinski definition) is 1. The van der Waals surface area contributed by atoms with Gasteiger partial charge in [0, 0.05) is 18.6 Å². The lowest BCUT2D eigenvalue weighted by Gasteiger charge is -2.01. The Balaban J connectivity index is 2.22. The predicted octanol–water partition coefficient (Wildman–Crippen LogP) is 0.420. The second-order valence-corrected chi connectivity index (χ2v) is 2.90. The zero-order valence-electron chi connectivity index (χ0n) is 7.74. The van der Waals surface area contributed by atoms with Crippen LogP contribution in [0.15, 0.2) is 31.0 Å². The Morgan fingerprint density at radius 2 is 2.33 bits per heavy atom. The Kier molecular flexibility index (Phi) is 2.40. The Morgan fingerprint density at radius 3 is 3.00 bits per heavy atom. The molecule has 0 saturated heterocycles. The number of rotatable bonds is 3. The van der Waals surface area contributed by atoms with Crippen LogP contribution >= 0.6 is 0 Å². The van der Waals surface area contributed by atoms with Gasteiger partial charge in [-0.2, -0.15) is 0 Å². The molecule has 0 atom stereocenters. The molecule has 1 N–H and O–H groups in total. The Morgan fingerprint density at radius 1 is 1.47 bits per heavy atom. The van der Waals surface area contributed by atoms with Crippen LogP contribution in [-0.2, 0) is 6.54 Å². The molecule has 0 aliphatic carbocycles. The molecule has 0 aliphatic heterocycles. The number of imidazole rings is 1. The molecule has 76 valence electrons. The molecule has 6 nitrogen and oxygen atoms in total. The van der Waals surface area contributed by atoms with E-state index >= 15 is 0 Å². The van der Waals surface area contributed by atoms with Gasteiger partial charge in [-0.3, -0.25) is 0 Å². The standard InChI is InChI=1S/C9H8N4O2/c14-9(15)7-1-2-11-8(12-7)5-13-4-3-10-6-13/h1-4,6H,5H2,(H,14,15). The van der Waals surface area contributed by atoms with Gasteiger partial charge in [-0.15, -0.1) is 0 Å². The van der Waals surface area contributed by atoms with E-state index in [1.54, 1.807) is 23.3 Å². The Bertz CT molecular complexity index is 467. The maximum absolute atomic E-state index is 10.6. The van der Waals surface area contributed by atoms with Crippen LogP contribution in [0, 0.1) is 0 Å². The van der Waals surface area contributed by atoms with E-state index in [1.165, 1.54) is 12.3 Å². The molecule has 0 aliphatic rings. The SMILES string of the molecule is O=C(O)c1ccnc(Cn2ccnc2)n1. The maximum atomic E-state index is 10.6. The van der Waals surface area contributed by atoms with Gasteiger partial charge in [-0.1, -0.05) is 0 Å². The first-order valence-corrected chi connectivity index (χ1v) is 4.26. The minimum atomic E-state index is -1.05. The van der Waals surface area contributed by atoms with E-state index in [9.17, 15) is 4.79 Å². The molecule has 0 radical (unpaired) electrons. The molecule has 15 heavy (non-hydrogen) atoms. The van der Waals surface area contributed by atoms with Crippen LogP contribution < -0.4 is 0 Å². The highest BCUT2D eigenvalue weighted by Crippen LogP contribution is 1.98. The van der Waals surface area contributed by atoms with Crippen molar-refractivity contribution < 1.29 is 9.90 Å². The van der Waals surface area contributed by atoms with Gasteiger partial charge in [0.05, 0.1) is 12.9 Å². The normalized spacial score (nSPS) is 10.1. The van der Waals surface area contributed by atoms with Gasteiger partial charge < -0.3 is 9.67 Å². The quantitative estimate of drug-likeness (QED) is 0.783. The van der Waals surface area contributed by atoms with Crippen molar-refractivity contribution in [1.29, 1.82) is 0 Å². The average molecular weight is 204 g/mol. The second kappa shape index (κ2) is 3.87. The second-order valence-electron chi connectivity index (χ2n) is 2.90.